The summed E-state index contributed by atoms with van der Waals surface area (Å²) in [6, 6.07) is 30.6. The predicted molar refractivity (Wildman–Crippen MR) is 249 cm³/mol. The van der Waals surface area contributed by atoms with Crippen LogP contribution >= 0.6 is 0 Å². The molecule has 4 aromatic rings. The molecule has 0 saturated heterocycles. The molecule has 314 valence electrons. The quantitative estimate of drug-likeness (QED) is 0.0417. The number of anilines is 4. The Morgan fingerprint density at radius 2 is 0.700 bits per heavy atom. The van der Waals surface area contributed by atoms with E-state index in [9.17, 15) is 9.59 Å². The minimum Gasteiger partial charge on any atom is -0.378 e. The lowest BCUT2D eigenvalue weighted by molar-refractivity contribution is -0.117. The molecule has 0 radical (unpaired) electrons. The van der Waals surface area contributed by atoms with Gasteiger partial charge in [0.2, 0.25) is 11.8 Å². The number of nitrogens with zero attached hydrogens (tertiary/aromatic N) is 6. The second kappa shape index (κ2) is 27.4. The Bertz CT molecular complexity index is 1900. The number of hydrogen-bond donors (Lipinski definition) is 2. The van der Waals surface area contributed by atoms with Crippen LogP contribution in [0.25, 0.3) is 0 Å². The van der Waals surface area contributed by atoms with E-state index in [1.165, 1.54) is 0 Å². The molecule has 60 heavy (non-hydrogen) atoms. The summed E-state index contributed by atoms with van der Waals surface area (Å²) in [6.07, 6.45) is 15.8. The van der Waals surface area contributed by atoms with E-state index in [0.29, 0.717) is 12.8 Å². The van der Waals surface area contributed by atoms with Crippen molar-refractivity contribution in [2.24, 2.45) is 20.5 Å². The number of hydrogen-bond acceptors (Lipinski definition) is 8. The van der Waals surface area contributed by atoms with Gasteiger partial charge in [0.25, 0.3) is 0 Å². The first kappa shape index (κ1) is 46.4. The predicted octanol–water partition coefficient (Wildman–Crippen LogP) is 13.5. The van der Waals surface area contributed by atoms with Crippen molar-refractivity contribution < 1.29 is 9.59 Å². The van der Waals surface area contributed by atoms with Gasteiger partial charge < -0.3 is 20.4 Å². The number of benzene rings is 4. The lowest BCUT2D eigenvalue weighted by Crippen LogP contribution is -2.10. The number of carbonyl (C=O) groups is 2. The highest BCUT2D eigenvalue weighted by atomic mass is 16.2. The zero-order chi connectivity index (χ0) is 42.6. The smallest absolute Gasteiger partial charge is 0.224 e. The lowest BCUT2D eigenvalue weighted by atomic mass is 10.1. The van der Waals surface area contributed by atoms with Crippen molar-refractivity contribution >= 4 is 57.3 Å². The first-order valence-corrected chi connectivity index (χ1v) is 21.4. The van der Waals surface area contributed by atoms with E-state index in [1.807, 2.05) is 135 Å². The highest BCUT2D eigenvalue weighted by Crippen LogP contribution is 2.24. The highest BCUT2D eigenvalue weighted by molar-refractivity contribution is 5.91. The molecule has 2 N–H and O–H groups in total. The molecule has 0 unspecified atom stereocenters. The summed E-state index contributed by atoms with van der Waals surface area (Å²) in [4.78, 5) is 28.9. The number of unbranched alkanes of at least 4 members (excludes halogenated alkanes) is 12. The third-order valence-electron chi connectivity index (χ3n) is 9.75. The zero-order valence-corrected chi connectivity index (χ0v) is 36.1. The van der Waals surface area contributed by atoms with Crippen molar-refractivity contribution in [3.63, 3.8) is 0 Å². The van der Waals surface area contributed by atoms with Crippen LogP contribution in [0, 0.1) is 23.7 Å². The molecule has 4 aromatic carbocycles. The molecular weight excluding hydrogens is 745 g/mol. The van der Waals surface area contributed by atoms with Gasteiger partial charge in [-0.3, -0.25) is 9.59 Å². The average Bonchev–Trinajstić information content (AvgIpc) is 3.25. The molecule has 0 heterocycles. The Hall–Kier alpha value is -6.26. The van der Waals surface area contributed by atoms with E-state index >= 15 is 0 Å². The number of carbonyl (C=O) groups excluding carboxylic acids is 2. The number of rotatable bonds is 24. The molecule has 2 amide bonds. The van der Waals surface area contributed by atoms with Gasteiger partial charge in [-0.1, -0.05) is 63.2 Å². The largest absolute Gasteiger partial charge is 0.378 e. The summed E-state index contributed by atoms with van der Waals surface area (Å²) < 4.78 is 0. The van der Waals surface area contributed by atoms with Gasteiger partial charge in [0.1, 0.15) is 0 Å². The Morgan fingerprint density at radius 1 is 0.417 bits per heavy atom. The van der Waals surface area contributed by atoms with Crippen LogP contribution in [0.2, 0.25) is 0 Å². The van der Waals surface area contributed by atoms with Crippen LogP contribution < -0.4 is 20.4 Å². The van der Waals surface area contributed by atoms with Gasteiger partial charge in [0.05, 0.1) is 22.7 Å². The third-order valence-corrected chi connectivity index (χ3v) is 9.75. The zero-order valence-electron chi connectivity index (χ0n) is 36.1. The van der Waals surface area contributed by atoms with Crippen molar-refractivity contribution in [3.05, 3.63) is 97.1 Å². The monoisotopic (exact) mass is 806 g/mol. The normalized spacial score (nSPS) is 10.8. The Morgan fingerprint density at radius 3 is 1.02 bits per heavy atom. The van der Waals surface area contributed by atoms with E-state index in [4.69, 9.17) is 0 Å². The van der Waals surface area contributed by atoms with E-state index in [2.05, 4.69) is 54.8 Å². The van der Waals surface area contributed by atoms with Gasteiger partial charge in [0.15, 0.2) is 0 Å². The molecule has 0 spiro atoms. The average molecular weight is 807 g/mol. The third kappa shape index (κ3) is 19.5. The van der Waals surface area contributed by atoms with Crippen molar-refractivity contribution in [2.45, 2.75) is 103 Å². The van der Waals surface area contributed by atoms with Crippen LogP contribution in [0.15, 0.2) is 118 Å². The van der Waals surface area contributed by atoms with Crippen LogP contribution in [0.5, 0.6) is 0 Å². The van der Waals surface area contributed by atoms with Crippen molar-refractivity contribution in [2.75, 3.05) is 48.6 Å². The molecule has 10 heteroatoms. The fourth-order valence-corrected chi connectivity index (χ4v) is 6.16. The molecule has 10 nitrogen and oxygen atoms in total. The fraction of sp³-hybridized carbons (Fsp3) is 0.400. The maximum atomic E-state index is 12.4. The van der Waals surface area contributed by atoms with E-state index in [-0.39, 0.29) is 11.8 Å². The topological polar surface area (TPSA) is 114 Å². The molecule has 0 aliphatic rings. The first-order valence-electron chi connectivity index (χ1n) is 21.4. The minimum atomic E-state index is 0.0405. The van der Waals surface area contributed by atoms with Gasteiger partial charge in [-0.15, -0.1) is 0 Å². The molecule has 0 aromatic heterocycles. The lowest BCUT2D eigenvalue weighted by Gasteiger charge is -2.11. The Labute approximate surface area is 358 Å². The number of amides is 2. The maximum absolute atomic E-state index is 12.4. The summed E-state index contributed by atoms with van der Waals surface area (Å²) in [6.45, 7) is 0. The summed E-state index contributed by atoms with van der Waals surface area (Å²) in [5, 5.41) is 23.1. The van der Waals surface area contributed by atoms with Crippen LogP contribution in [0.1, 0.15) is 103 Å². The summed E-state index contributed by atoms with van der Waals surface area (Å²) in [7, 11) is 8.01. The van der Waals surface area contributed by atoms with Crippen LogP contribution in [0.4, 0.5) is 45.5 Å². The Balaban J connectivity index is 0.913. The fourth-order valence-electron chi connectivity index (χ4n) is 6.16. The van der Waals surface area contributed by atoms with Gasteiger partial charge in [-0.2, -0.15) is 20.5 Å². The number of nitrogens with one attached hydrogen (secondary N) is 2. The Kier molecular flexibility index (Phi) is 21.2. The second-order valence-corrected chi connectivity index (χ2v) is 15.3. The number of azo groups is 2. The molecule has 4 rings (SSSR count). The second-order valence-electron chi connectivity index (χ2n) is 15.3. The molecule has 0 bridgehead atoms. The van der Waals surface area contributed by atoms with Gasteiger partial charge in [-0.05, 0) is 135 Å². The highest BCUT2D eigenvalue weighted by Gasteiger charge is 2.05. The maximum Gasteiger partial charge on any atom is 0.224 e. The van der Waals surface area contributed by atoms with E-state index in [0.717, 1.165) is 135 Å². The van der Waals surface area contributed by atoms with Gasteiger partial charge in [-0.25, -0.2) is 0 Å². The SMILES string of the molecule is CN(C)c1ccc(N=Nc2ccc(NC(=O)CCCCCCCCC#CC#CCCCCCCCCC(=O)Nc3ccc(N=Nc4ccc(N(C)C)cc4)cc3)cc2)cc1. The molecular formula is C50H62N8O2. The van der Waals surface area contributed by atoms with Gasteiger partial charge in [0, 0.05) is 76.6 Å². The molecule has 0 aliphatic heterocycles. The van der Waals surface area contributed by atoms with Crippen LogP contribution in [-0.4, -0.2) is 40.0 Å². The minimum absolute atomic E-state index is 0.0405. The summed E-state index contributed by atoms with van der Waals surface area (Å²) in [5.74, 6) is 12.5. The van der Waals surface area contributed by atoms with E-state index < -0.39 is 0 Å². The van der Waals surface area contributed by atoms with Crippen LogP contribution in [0.3, 0.4) is 0 Å². The summed E-state index contributed by atoms with van der Waals surface area (Å²) >= 11 is 0. The molecule has 0 saturated carbocycles. The molecule has 0 atom stereocenters. The molecule has 0 fully saturated rings. The van der Waals surface area contributed by atoms with Crippen LogP contribution in [-0.2, 0) is 9.59 Å². The first-order chi connectivity index (χ1) is 29.2. The van der Waals surface area contributed by atoms with Crippen molar-refractivity contribution in [1.82, 2.24) is 0 Å². The standard InChI is InChI=1S/C50H62N8O2/c1-57(2)47-37-33-45(34-38-47)55-53-43-29-25-41(26-30-43)51-49(59)23-21-19-17-15-13-11-9-7-5-6-8-10-12-14-16-18-20-22-24-50(60)52-42-27-31-44(32-28-42)54-56-46-35-39-48(40-36-46)58(3)4/h25-40H,9-24H2,1-4H3,(H,51,59)(H,52,60). The summed E-state index contributed by atoms with van der Waals surface area (Å²) in [5.41, 5.74) is 6.81. The van der Waals surface area contributed by atoms with E-state index in [1.54, 1.807) is 0 Å². The van der Waals surface area contributed by atoms with Crippen molar-refractivity contribution in [3.8, 4) is 23.7 Å². The van der Waals surface area contributed by atoms with Gasteiger partial charge >= 0.3 is 0 Å². The van der Waals surface area contributed by atoms with Crippen molar-refractivity contribution in [1.29, 1.82) is 0 Å². The molecule has 0 aliphatic carbocycles.